The number of nitrogens with one attached hydrogen (secondary N) is 1. The summed E-state index contributed by atoms with van der Waals surface area (Å²) in [5.41, 5.74) is 0.775. The molecule has 6 nitrogen and oxygen atoms in total. The van der Waals surface area contributed by atoms with Crippen molar-refractivity contribution in [1.82, 2.24) is 4.31 Å². The first-order chi connectivity index (χ1) is 18.1. The van der Waals surface area contributed by atoms with Crippen molar-refractivity contribution in [2.45, 2.75) is 11.4 Å². The fraction of sp³-hybridized carbons (Fsp3) is 0.0741. The van der Waals surface area contributed by atoms with Crippen molar-refractivity contribution in [3.05, 3.63) is 116 Å². The summed E-state index contributed by atoms with van der Waals surface area (Å²) in [6.45, 7) is -0.667. The predicted octanol–water partition coefficient (Wildman–Crippen LogP) is 8.03. The van der Waals surface area contributed by atoms with E-state index < -0.39 is 22.5 Å². The van der Waals surface area contributed by atoms with Gasteiger partial charge in [-0.3, -0.25) is 4.79 Å². The number of para-hydroxylation sites is 1. The molecule has 0 aromatic heterocycles. The van der Waals surface area contributed by atoms with Crippen molar-refractivity contribution >= 4 is 72.4 Å². The van der Waals surface area contributed by atoms with Crippen LogP contribution in [-0.4, -0.2) is 25.2 Å². The number of nitrogens with zero attached hydrogens (tertiary/aromatic N) is 1. The second-order valence-electron chi connectivity index (χ2n) is 8.07. The smallest absolute Gasteiger partial charge is 0.243 e. The Morgan fingerprint density at radius 1 is 0.868 bits per heavy atom. The highest BCUT2D eigenvalue weighted by molar-refractivity contribution is 9.10. The molecule has 11 heteroatoms. The van der Waals surface area contributed by atoms with Gasteiger partial charge in [0.2, 0.25) is 15.9 Å². The second kappa shape index (κ2) is 12.5. The van der Waals surface area contributed by atoms with E-state index in [1.165, 1.54) is 24.3 Å². The van der Waals surface area contributed by atoms with Crippen LogP contribution in [0, 0.1) is 0 Å². The van der Waals surface area contributed by atoms with Gasteiger partial charge < -0.3 is 10.1 Å². The maximum atomic E-state index is 13.6. The first-order valence-electron chi connectivity index (χ1n) is 11.1. The van der Waals surface area contributed by atoms with Gasteiger partial charge in [0.1, 0.15) is 5.75 Å². The van der Waals surface area contributed by atoms with Gasteiger partial charge in [-0.05, 0) is 72.3 Å². The molecule has 0 radical (unpaired) electrons. The Kier molecular flexibility index (Phi) is 9.36. The largest absolute Gasteiger partial charge is 0.455 e. The fourth-order valence-electron chi connectivity index (χ4n) is 3.48. The van der Waals surface area contributed by atoms with Gasteiger partial charge in [0.15, 0.2) is 5.75 Å². The van der Waals surface area contributed by atoms with Crippen molar-refractivity contribution in [2.75, 3.05) is 11.9 Å². The number of ether oxygens (including phenoxy) is 1. The van der Waals surface area contributed by atoms with Crippen LogP contribution in [0.2, 0.25) is 15.1 Å². The molecule has 0 spiro atoms. The zero-order valence-corrected chi connectivity index (χ0v) is 24.2. The minimum Gasteiger partial charge on any atom is -0.455 e. The summed E-state index contributed by atoms with van der Waals surface area (Å²) in [6, 6.07) is 24.7. The van der Waals surface area contributed by atoms with Crippen LogP contribution in [0.4, 0.5) is 5.69 Å². The Morgan fingerprint density at radius 3 is 2.21 bits per heavy atom. The number of anilines is 1. The number of hydrogen-bond acceptors (Lipinski definition) is 4. The normalized spacial score (nSPS) is 11.4. The van der Waals surface area contributed by atoms with Crippen LogP contribution in [0.3, 0.4) is 0 Å². The molecule has 0 unspecified atom stereocenters. The Bertz CT molecular complexity index is 1550. The third-order valence-corrected chi connectivity index (χ3v) is 8.48. The SMILES string of the molecule is O=C(CN(Cc1ccc(Cl)cc1Cl)S(=O)(=O)c1ccc(Br)cc1)Nc1cc(Cl)ccc1Oc1ccccc1. The zero-order valence-electron chi connectivity index (χ0n) is 19.6. The lowest BCUT2D eigenvalue weighted by molar-refractivity contribution is -0.116. The Morgan fingerprint density at radius 2 is 1.53 bits per heavy atom. The van der Waals surface area contributed by atoms with E-state index in [1.807, 2.05) is 18.2 Å². The first-order valence-corrected chi connectivity index (χ1v) is 14.5. The van der Waals surface area contributed by atoms with Gasteiger partial charge >= 0.3 is 0 Å². The molecule has 1 amide bonds. The van der Waals surface area contributed by atoms with Crippen molar-refractivity contribution in [1.29, 1.82) is 0 Å². The Labute approximate surface area is 244 Å². The number of carbonyl (C=O) groups excluding carboxylic acids is 1. The number of rotatable bonds is 9. The summed E-state index contributed by atoms with van der Waals surface area (Å²) in [4.78, 5) is 13.2. The molecule has 0 aliphatic carbocycles. The average Bonchev–Trinajstić information content (AvgIpc) is 2.87. The van der Waals surface area contributed by atoms with E-state index >= 15 is 0 Å². The Balaban J connectivity index is 1.62. The van der Waals surface area contributed by atoms with Gasteiger partial charge in [0.05, 0.1) is 17.1 Å². The third kappa shape index (κ3) is 7.28. The van der Waals surface area contributed by atoms with Crippen molar-refractivity contribution in [3.63, 3.8) is 0 Å². The average molecular weight is 655 g/mol. The highest BCUT2D eigenvalue weighted by Gasteiger charge is 2.28. The Hall–Kier alpha value is -2.59. The minimum atomic E-state index is -4.09. The molecule has 4 aromatic carbocycles. The van der Waals surface area contributed by atoms with E-state index in [0.717, 1.165) is 4.31 Å². The molecule has 0 bridgehead atoms. The number of amides is 1. The number of sulfonamides is 1. The van der Waals surface area contributed by atoms with Crippen molar-refractivity contribution < 1.29 is 17.9 Å². The monoisotopic (exact) mass is 652 g/mol. The number of carbonyl (C=O) groups is 1. The third-order valence-electron chi connectivity index (χ3n) is 5.32. The summed E-state index contributed by atoms with van der Waals surface area (Å²) in [5, 5.41) is 3.78. The quantitative estimate of drug-likeness (QED) is 0.198. The lowest BCUT2D eigenvalue weighted by Gasteiger charge is -2.23. The molecule has 0 heterocycles. The van der Waals surface area contributed by atoms with E-state index in [1.54, 1.807) is 48.5 Å². The van der Waals surface area contributed by atoms with Crippen LogP contribution in [0.5, 0.6) is 11.5 Å². The van der Waals surface area contributed by atoms with Crippen molar-refractivity contribution in [2.24, 2.45) is 0 Å². The summed E-state index contributed by atoms with van der Waals surface area (Å²) < 4.78 is 34.8. The molecule has 4 rings (SSSR count). The lowest BCUT2D eigenvalue weighted by atomic mass is 10.2. The van der Waals surface area contributed by atoms with Gasteiger partial charge in [0, 0.05) is 26.1 Å². The second-order valence-corrected chi connectivity index (χ2v) is 12.2. The molecule has 0 saturated carbocycles. The molecule has 0 fully saturated rings. The summed E-state index contributed by atoms with van der Waals surface area (Å²) in [6.07, 6.45) is 0. The van der Waals surface area contributed by atoms with E-state index in [-0.39, 0.29) is 22.2 Å². The van der Waals surface area contributed by atoms with Crippen molar-refractivity contribution in [3.8, 4) is 11.5 Å². The maximum absolute atomic E-state index is 13.6. The van der Waals surface area contributed by atoms with Crippen LogP contribution >= 0.6 is 50.7 Å². The fourth-order valence-corrected chi connectivity index (χ4v) is 5.75. The maximum Gasteiger partial charge on any atom is 0.243 e. The molecule has 1 N–H and O–H groups in total. The van der Waals surface area contributed by atoms with Crippen LogP contribution in [0.15, 0.2) is 100 Å². The standard InChI is InChI=1S/C27H20BrCl3N2O4S/c28-19-7-11-23(12-8-19)38(35,36)33(16-18-6-9-20(29)14-24(18)31)17-27(34)32-25-15-21(30)10-13-26(25)37-22-4-2-1-3-5-22/h1-15H,16-17H2,(H,32,34). The van der Waals surface area contributed by atoms with E-state index in [2.05, 4.69) is 21.2 Å². The van der Waals surface area contributed by atoms with Crippen LogP contribution in [0.1, 0.15) is 5.56 Å². The highest BCUT2D eigenvalue weighted by Crippen LogP contribution is 2.32. The molecule has 0 aliphatic heterocycles. The van der Waals surface area contributed by atoms with Crippen LogP contribution in [-0.2, 0) is 21.4 Å². The minimum absolute atomic E-state index is 0.0226. The summed E-state index contributed by atoms with van der Waals surface area (Å²) in [7, 11) is -4.09. The topological polar surface area (TPSA) is 75.7 Å². The summed E-state index contributed by atoms with van der Waals surface area (Å²) >= 11 is 21.8. The zero-order chi connectivity index (χ0) is 27.3. The molecule has 4 aromatic rings. The first kappa shape index (κ1) is 28.4. The molecular formula is C27H20BrCl3N2O4S. The van der Waals surface area contributed by atoms with E-state index in [9.17, 15) is 13.2 Å². The number of hydrogen-bond donors (Lipinski definition) is 1. The van der Waals surface area contributed by atoms with Crippen LogP contribution in [0.25, 0.3) is 0 Å². The lowest BCUT2D eigenvalue weighted by Crippen LogP contribution is -2.37. The van der Waals surface area contributed by atoms with E-state index in [0.29, 0.717) is 31.6 Å². The summed E-state index contributed by atoms with van der Waals surface area (Å²) in [5.74, 6) is 0.301. The molecule has 38 heavy (non-hydrogen) atoms. The molecule has 0 saturated heterocycles. The number of halogens is 4. The highest BCUT2D eigenvalue weighted by atomic mass is 79.9. The molecule has 0 atom stereocenters. The number of benzene rings is 4. The molecule has 196 valence electrons. The van der Waals surface area contributed by atoms with Gasteiger partial charge in [-0.2, -0.15) is 4.31 Å². The molecular weight excluding hydrogens is 635 g/mol. The van der Waals surface area contributed by atoms with Gasteiger partial charge in [-0.15, -0.1) is 0 Å². The van der Waals surface area contributed by atoms with Crippen LogP contribution < -0.4 is 10.1 Å². The predicted molar refractivity (Wildman–Crippen MR) is 155 cm³/mol. The van der Waals surface area contributed by atoms with Gasteiger partial charge in [-0.1, -0.05) is 75.0 Å². The van der Waals surface area contributed by atoms with E-state index in [4.69, 9.17) is 39.5 Å². The molecule has 0 aliphatic rings. The van der Waals surface area contributed by atoms with Gasteiger partial charge in [0.25, 0.3) is 0 Å². The van der Waals surface area contributed by atoms with Gasteiger partial charge in [-0.25, -0.2) is 8.42 Å².